The summed E-state index contributed by atoms with van der Waals surface area (Å²) < 4.78 is 5.00. The minimum absolute atomic E-state index is 0.0165. The van der Waals surface area contributed by atoms with Gasteiger partial charge in [0.25, 0.3) is 5.97 Å². The van der Waals surface area contributed by atoms with Crippen molar-refractivity contribution in [1.82, 2.24) is 0 Å². The molecule has 0 bridgehead atoms. The summed E-state index contributed by atoms with van der Waals surface area (Å²) in [6.07, 6.45) is 2.94. The van der Waals surface area contributed by atoms with Crippen molar-refractivity contribution in [1.29, 1.82) is 0 Å². The van der Waals surface area contributed by atoms with Crippen LogP contribution in [-0.2, 0) is 9.53 Å². The Balaban J connectivity index is 0. The molecular weight excluding hydrogens is 172 g/mol. The third-order valence-electron chi connectivity index (χ3n) is 0.871. The topological polar surface area (TPSA) is 66.8 Å². The van der Waals surface area contributed by atoms with Crippen LogP contribution >= 0.6 is 0 Å². The highest BCUT2D eigenvalue weighted by Crippen LogP contribution is 1.90. The minimum Gasteiger partial charge on any atom is -0.481 e. The van der Waals surface area contributed by atoms with Crippen LogP contribution in [0.4, 0.5) is 0 Å². The molecule has 76 valence electrons. The normalized spacial score (nSPS) is 10.6. The average Bonchev–Trinajstić information content (AvgIpc) is 2.06. The summed E-state index contributed by atoms with van der Waals surface area (Å²) in [7, 11) is 0. The predicted molar refractivity (Wildman–Crippen MR) is 50.5 cm³/mol. The molecule has 0 aromatic rings. The Bertz CT molecular complexity index is 150. The van der Waals surface area contributed by atoms with Gasteiger partial charge in [-0.3, -0.25) is 4.79 Å². The fourth-order valence-corrected chi connectivity index (χ4v) is 0.387. The molecule has 0 rings (SSSR count). The lowest BCUT2D eigenvalue weighted by atomic mass is 10.4. The van der Waals surface area contributed by atoms with E-state index in [4.69, 9.17) is 19.7 Å². The number of carboxylic acid groups (broad SMARTS) is 1. The van der Waals surface area contributed by atoms with Crippen LogP contribution in [0.3, 0.4) is 0 Å². The lowest BCUT2D eigenvalue weighted by molar-refractivity contribution is -0.134. The van der Waals surface area contributed by atoms with Crippen molar-refractivity contribution in [2.45, 2.75) is 13.0 Å². The Labute approximate surface area is 78.1 Å². The Kier molecular flexibility index (Phi) is 12.0. The van der Waals surface area contributed by atoms with Gasteiger partial charge < -0.3 is 14.9 Å². The van der Waals surface area contributed by atoms with E-state index in [1.165, 1.54) is 0 Å². The van der Waals surface area contributed by atoms with Crippen molar-refractivity contribution >= 4 is 5.97 Å². The number of aliphatic carboxylic acids is 1. The molecule has 0 heterocycles. The van der Waals surface area contributed by atoms with Crippen molar-refractivity contribution in [2.24, 2.45) is 0 Å². The summed E-state index contributed by atoms with van der Waals surface area (Å²) in [5.41, 5.74) is 0. The van der Waals surface area contributed by atoms with Gasteiger partial charge in [-0.1, -0.05) is 12.2 Å². The van der Waals surface area contributed by atoms with Crippen molar-refractivity contribution in [3.05, 3.63) is 25.3 Å². The first-order valence-electron chi connectivity index (χ1n) is 3.73. The molecule has 0 fully saturated rings. The van der Waals surface area contributed by atoms with E-state index in [0.717, 1.165) is 6.92 Å². The van der Waals surface area contributed by atoms with E-state index in [2.05, 4.69) is 13.2 Å². The summed E-state index contributed by atoms with van der Waals surface area (Å²) >= 11 is 0. The molecule has 0 saturated heterocycles. The van der Waals surface area contributed by atoms with Gasteiger partial charge in [-0.2, -0.15) is 0 Å². The van der Waals surface area contributed by atoms with Crippen LogP contribution in [0.1, 0.15) is 6.92 Å². The van der Waals surface area contributed by atoms with Crippen LogP contribution in [-0.4, -0.2) is 35.5 Å². The highest BCUT2D eigenvalue weighted by Gasteiger charge is 1.97. The zero-order valence-electron chi connectivity index (χ0n) is 7.77. The van der Waals surface area contributed by atoms with Gasteiger partial charge in [0.15, 0.2) is 0 Å². The SMILES string of the molecule is C=CCOC(C=C)CO.CC(=O)O. The number of hydrogen-bond donors (Lipinski definition) is 2. The summed E-state index contributed by atoms with van der Waals surface area (Å²) in [6, 6.07) is 0. The van der Waals surface area contributed by atoms with Crippen molar-refractivity contribution in [2.75, 3.05) is 13.2 Å². The van der Waals surface area contributed by atoms with Gasteiger partial charge in [0.2, 0.25) is 0 Å². The number of aliphatic hydroxyl groups is 1. The first-order chi connectivity index (χ1) is 6.08. The number of aliphatic hydroxyl groups excluding tert-OH is 1. The molecule has 1 unspecified atom stereocenters. The Morgan fingerprint density at radius 1 is 1.62 bits per heavy atom. The third kappa shape index (κ3) is 18.1. The van der Waals surface area contributed by atoms with Gasteiger partial charge in [0, 0.05) is 6.92 Å². The van der Waals surface area contributed by atoms with Crippen LogP contribution in [0.25, 0.3) is 0 Å². The maximum atomic E-state index is 9.00. The third-order valence-corrected chi connectivity index (χ3v) is 0.871. The molecule has 1 atom stereocenters. The van der Waals surface area contributed by atoms with E-state index in [9.17, 15) is 0 Å². The molecule has 0 radical (unpaired) electrons. The minimum atomic E-state index is -0.833. The molecule has 0 aliphatic heterocycles. The van der Waals surface area contributed by atoms with Crippen LogP contribution in [0.5, 0.6) is 0 Å². The largest absolute Gasteiger partial charge is 0.481 e. The number of rotatable bonds is 5. The van der Waals surface area contributed by atoms with Crippen molar-refractivity contribution in [3.8, 4) is 0 Å². The second-order valence-corrected chi connectivity index (χ2v) is 2.10. The molecule has 4 heteroatoms. The summed E-state index contributed by atoms with van der Waals surface area (Å²) in [4.78, 5) is 9.00. The monoisotopic (exact) mass is 188 g/mol. The van der Waals surface area contributed by atoms with Gasteiger partial charge in [-0.25, -0.2) is 0 Å². The van der Waals surface area contributed by atoms with Gasteiger partial charge in [0.1, 0.15) is 0 Å². The van der Waals surface area contributed by atoms with E-state index in [0.29, 0.717) is 6.61 Å². The first-order valence-corrected chi connectivity index (χ1v) is 3.73. The lowest BCUT2D eigenvalue weighted by Gasteiger charge is -2.07. The number of ether oxygens (including phenoxy) is 1. The van der Waals surface area contributed by atoms with Crippen molar-refractivity contribution < 1.29 is 19.7 Å². The molecule has 0 aromatic carbocycles. The Morgan fingerprint density at radius 2 is 2.08 bits per heavy atom. The lowest BCUT2D eigenvalue weighted by Crippen LogP contribution is -2.13. The van der Waals surface area contributed by atoms with Crippen LogP contribution in [0.2, 0.25) is 0 Å². The highest BCUT2D eigenvalue weighted by atomic mass is 16.5. The first kappa shape index (κ1) is 14.4. The molecule has 13 heavy (non-hydrogen) atoms. The zero-order valence-corrected chi connectivity index (χ0v) is 7.77. The fraction of sp³-hybridized carbons (Fsp3) is 0.444. The molecule has 0 aliphatic rings. The number of hydrogen-bond acceptors (Lipinski definition) is 3. The van der Waals surface area contributed by atoms with E-state index in [-0.39, 0.29) is 12.7 Å². The summed E-state index contributed by atoms with van der Waals surface area (Å²) in [5, 5.41) is 15.9. The fourth-order valence-electron chi connectivity index (χ4n) is 0.387. The molecule has 4 nitrogen and oxygen atoms in total. The van der Waals surface area contributed by atoms with E-state index >= 15 is 0 Å². The van der Waals surface area contributed by atoms with E-state index < -0.39 is 5.97 Å². The zero-order chi connectivity index (χ0) is 10.7. The average molecular weight is 188 g/mol. The van der Waals surface area contributed by atoms with Crippen LogP contribution in [0, 0.1) is 0 Å². The van der Waals surface area contributed by atoms with E-state index in [1.807, 2.05) is 0 Å². The van der Waals surface area contributed by atoms with Gasteiger partial charge in [0.05, 0.1) is 19.3 Å². The number of carbonyl (C=O) groups is 1. The molecule has 0 aromatic heterocycles. The van der Waals surface area contributed by atoms with Crippen LogP contribution in [0.15, 0.2) is 25.3 Å². The van der Waals surface area contributed by atoms with Crippen LogP contribution < -0.4 is 0 Å². The van der Waals surface area contributed by atoms with Crippen molar-refractivity contribution in [3.63, 3.8) is 0 Å². The standard InChI is InChI=1S/C7H12O2.C2H4O2/c1-3-5-9-7(4-2)6-8;1-2(3)4/h3-4,7-8H,1-2,5-6H2;1H3,(H,3,4). The smallest absolute Gasteiger partial charge is 0.300 e. The molecule has 0 spiro atoms. The molecule has 2 N–H and O–H groups in total. The maximum absolute atomic E-state index is 9.00. The second kappa shape index (κ2) is 10.9. The summed E-state index contributed by atoms with van der Waals surface area (Å²) in [6.45, 7) is 8.45. The maximum Gasteiger partial charge on any atom is 0.300 e. The Morgan fingerprint density at radius 3 is 2.31 bits per heavy atom. The second-order valence-electron chi connectivity index (χ2n) is 2.10. The quantitative estimate of drug-likeness (QED) is 0.627. The molecule has 0 amide bonds. The number of carboxylic acids is 1. The predicted octanol–water partition coefficient (Wildman–Crippen LogP) is 0.827. The summed E-state index contributed by atoms with van der Waals surface area (Å²) in [5.74, 6) is -0.833. The van der Waals surface area contributed by atoms with Gasteiger partial charge in [-0.05, 0) is 0 Å². The molecule has 0 saturated carbocycles. The Hall–Kier alpha value is -1.13. The molecule has 0 aliphatic carbocycles. The molecular formula is C9H16O4. The van der Waals surface area contributed by atoms with E-state index in [1.54, 1.807) is 12.2 Å². The van der Waals surface area contributed by atoms with Gasteiger partial charge in [-0.15, -0.1) is 13.2 Å². The van der Waals surface area contributed by atoms with Gasteiger partial charge >= 0.3 is 0 Å². The highest BCUT2D eigenvalue weighted by molar-refractivity contribution is 5.62.